The number of hydrogen-bond donors (Lipinski definition) is 2. The van der Waals surface area contributed by atoms with Gasteiger partial charge in [-0.3, -0.25) is 9.55 Å². The molecule has 0 bridgehead atoms. The van der Waals surface area contributed by atoms with Gasteiger partial charge >= 0.3 is 0 Å². The van der Waals surface area contributed by atoms with Gasteiger partial charge in [-0.15, -0.1) is 0 Å². The second kappa shape index (κ2) is 8.78. The Bertz CT molecular complexity index is 1830. The second-order valence-electron chi connectivity index (χ2n) is 12.2. The fourth-order valence-corrected chi connectivity index (χ4v) is 7.24. The molecule has 0 spiro atoms. The summed E-state index contributed by atoms with van der Waals surface area (Å²) in [5.41, 5.74) is 4.21. The highest BCUT2D eigenvalue weighted by atomic mass is 32.2. The van der Waals surface area contributed by atoms with Gasteiger partial charge in [0.05, 0.1) is 22.2 Å². The molecule has 0 atom stereocenters. The number of benzene rings is 2. The molecule has 3 heterocycles. The normalized spacial score (nSPS) is 18.8. The molecule has 0 fully saturated rings. The van der Waals surface area contributed by atoms with Gasteiger partial charge in [-0.1, -0.05) is 26.0 Å². The van der Waals surface area contributed by atoms with Crippen LogP contribution in [0.5, 0.6) is 11.5 Å². The Kier molecular flexibility index (Phi) is 6.21. The lowest BCUT2D eigenvalue weighted by Gasteiger charge is -2.34. The van der Waals surface area contributed by atoms with Crippen molar-refractivity contribution in [2.45, 2.75) is 52.6 Å². The number of nitrogens with one attached hydrogen (secondary N) is 1. The highest BCUT2D eigenvalue weighted by Crippen LogP contribution is 2.44. The Balaban J connectivity index is 1.78. The molecule has 0 saturated carbocycles. The van der Waals surface area contributed by atoms with E-state index in [0.717, 1.165) is 33.2 Å². The summed E-state index contributed by atoms with van der Waals surface area (Å²) in [6, 6.07) is 7.65. The van der Waals surface area contributed by atoms with Crippen LogP contribution in [0.3, 0.4) is 0 Å². The summed E-state index contributed by atoms with van der Waals surface area (Å²) < 4.78 is 64.4. The molecule has 2 N–H and O–H groups in total. The smallest absolute Gasteiger partial charge is 0.269 e. The molecule has 8 nitrogen and oxygen atoms in total. The fraction of sp³-hybridized carbons (Fsp3) is 0.414. The minimum absolute atomic E-state index is 0.0591. The number of sulfone groups is 1. The van der Waals surface area contributed by atoms with E-state index >= 15 is 0 Å². The molecule has 10 heteroatoms. The molecule has 3 aliphatic rings. The van der Waals surface area contributed by atoms with Crippen molar-refractivity contribution < 1.29 is 26.1 Å². The van der Waals surface area contributed by atoms with Gasteiger partial charge in [0.2, 0.25) is 0 Å². The largest absolute Gasteiger partial charge is 0.456 e. The maximum atomic E-state index is 12.3. The summed E-state index contributed by atoms with van der Waals surface area (Å²) in [5, 5.41) is 4.90. The van der Waals surface area contributed by atoms with E-state index < -0.39 is 36.8 Å². The summed E-state index contributed by atoms with van der Waals surface area (Å²) in [6.07, 6.45) is 4.97. The Labute approximate surface area is 229 Å². The molecule has 2 aromatic carbocycles. The maximum Gasteiger partial charge on any atom is 0.269 e. The predicted octanol–water partition coefficient (Wildman–Crippen LogP) is 3.96. The van der Waals surface area contributed by atoms with E-state index in [9.17, 15) is 21.4 Å². The van der Waals surface area contributed by atoms with Gasteiger partial charge in [-0.2, -0.15) is 8.42 Å². The standard InChI is InChI=1S/C29H34N2O6S2/c1-16(2)27-21-8-19-17(14-38(7,32)33)12-28(3,4)30-23(19)10-25(21)37-26-11-24-20(9-22(26)27)18(15-39(34,35)36)13-29(5,6)31-24/h8-13,16,30H,14-15H2,1-7H3,(H,34,35,36). The average molecular weight is 571 g/mol. The molecule has 2 aromatic rings. The first kappa shape index (κ1) is 27.6. The first-order valence-electron chi connectivity index (χ1n) is 12.8. The summed E-state index contributed by atoms with van der Waals surface area (Å²) >= 11 is 0. The van der Waals surface area contributed by atoms with Crippen molar-refractivity contribution in [3.05, 3.63) is 63.7 Å². The quantitative estimate of drug-likeness (QED) is 0.522. The zero-order valence-corrected chi connectivity index (χ0v) is 24.8. The minimum atomic E-state index is -4.27. The molecule has 0 unspecified atom stereocenters. The van der Waals surface area contributed by atoms with Crippen LogP contribution in [0.1, 0.15) is 58.2 Å². The van der Waals surface area contributed by atoms with Crippen molar-refractivity contribution in [1.29, 1.82) is 0 Å². The lowest BCUT2D eigenvalue weighted by molar-refractivity contribution is 0.468. The van der Waals surface area contributed by atoms with Gasteiger partial charge in [0.1, 0.15) is 17.3 Å². The SMILES string of the molecule is CC(C)C1=c2cc3c(cc2Oc2cc4c(cc21)C(CS(C)(=O)=O)=CC(C)(C)N4)=NC(C)(C)C=C3CS(=O)(=O)O. The zero-order chi connectivity index (χ0) is 28.7. The number of hydrogen-bond acceptors (Lipinski definition) is 7. The van der Waals surface area contributed by atoms with Crippen molar-refractivity contribution in [3.8, 4) is 11.5 Å². The van der Waals surface area contributed by atoms with Crippen LogP contribution in [0.2, 0.25) is 0 Å². The second-order valence-corrected chi connectivity index (χ2v) is 15.8. The Hall–Kier alpha value is -2.95. The van der Waals surface area contributed by atoms with Gasteiger partial charge < -0.3 is 10.1 Å². The van der Waals surface area contributed by atoms with Crippen molar-refractivity contribution in [1.82, 2.24) is 0 Å². The Morgan fingerprint density at radius 1 is 0.897 bits per heavy atom. The van der Waals surface area contributed by atoms with Crippen LogP contribution in [0.25, 0.3) is 16.7 Å². The van der Waals surface area contributed by atoms with Crippen LogP contribution in [-0.2, 0) is 20.0 Å². The Morgan fingerprint density at radius 3 is 2.18 bits per heavy atom. The van der Waals surface area contributed by atoms with Crippen LogP contribution in [0.15, 0.2) is 41.4 Å². The number of anilines is 1. The lowest BCUT2D eigenvalue weighted by atomic mass is 9.84. The van der Waals surface area contributed by atoms with Crippen molar-refractivity contribution >= 4 is 42.4 Å². The summed E-state index contributed by atoms with van der Waals surface area (Å²) in [5.74, 6) is 0.731. The highest BCUT2D eigenvalue weighted by Gasteiger charge is 2.31. The van der Waals surface area contributed by atoms with Gasteiger partial charge in [-0.05, 0) is 62.5 Å². The van der Waals surface area contributed by atoms with E-state index in [-0.39, 0.29) is 11.7 Å². The third-order valence-corrected chi connectivity index (χ3v) is 8.48. The summed E-state index contributed by atoms with van der Waals surface area (Å²) in [7, 11) is -7.55. The molecular formula is C29H34N2O6S2. The highest BCUT2D eigenvalue weighted by molar-refractivity contribution is 7.91. The van der Waals surface area contributed by atoms with Crippen molar-refractivity contribution in [3.63, 3.8) is 0 Å². The molecular weight excluding hydrogens is 536 g/mol. The number of rotatable bonds is 5. The van der Waals surface area contributed by atoms with Gasteiger partial charge in [0, 0.05) is 46.0 Å². The van der Waals surface area contributed by atoms with Crippen LogP contribution in [0.4, 0.5) is 5.69 Å². The molecule has 208 valence electrons. The van der Waals surface area contributed by atoms with E-state index in [2.05, 4.69) is 19.2 Å². The summed E-state index contributed by atoms with van der Waals surface area (Å²) in [6.45, 7) is 11.9. The first-order chi connectivity index (χ1) is 17.8. The number of fused-ring (bicyclic) bond motifs is 4. The number of nitrogens with zero attached hydrogens (tertiary/aromatic N) is 1. The van der Waals surface area contributed by atoms with Crippen LogP contribution in [-0.4, -0.2) is 50.2 Å². The van der Waals surface area contributed by atoms with E-state index in [1.807, 2.05) is 58.0 Å². The minimum Gasteiger partial charge on any atom is -0.456 e. The van der Waals surface area contributed by atoms with E-state index in [4.69, 9.17) is 9.73 Å². The molecule has 0 saturated heterocycles. The first-order valence-corrected chi connectivity index (χ1v) is 16.5. The van der Waals surface area contributed by atoms with E-state index in [1.165, 1.54) is 6.26 Å². The maximum absolute atomic E-state index is 12.3. The van der Waals surface area contributed by atoms with Gasteiger partial charge in [-0.25, -0.2) is 8.42 Å². The predicted molar refractivity (Wildman–Crippen MR) is 155 cm³/mol. The van der Waals surface area contributed by atoms with Crippen LogP contribution < -0.4 is 20.6 Å². The van der Waals surface area contributed by atoms with E-state index in [0.29, 0.717) is 28.0 Å². The molecule has 0 radical (unpaired) electrons. The molecule has 0 aromatic heterocycles. The molecule has 0 amide bonds. The third kappa shape index (κ3) is 5.55. The number of ether oxygens (including phenoxy) is 1. The lowest BCUT2D eigenvalue weighted by Crippen LogP contribution is -2.33. The monoisotopic (exact) mass is 570 g/mol. The van der Waals surface area contributed by atoms with Crippen LogP contribution in [0, 0.1) is 5.92 Å². The molecule has 0 aliphatic carbocycles. The van der Waals surface area contributed by atoms with Crippen molar-refractivity contribution in [2.75, 3.05) is 23.1 Å². The molecule has 5 rings (SSSR count). The molecule has 39 heavy (non-hydrogen) atoms. The molecule has 3 aliphatic heterocycles. The summed E-state index contributed by atoms with van der Waals surface area (Å²) in [4.78, 5) is 4.81. The topological polar surface area (TPSA) is 122 Å². The van der Waals surface area contributed by atoms with Crippen LogP contribution >= 0.6 is 0 Å². The average Bonchev–Trinajstić information content (AvgIpc) is 2.71. The fourth-order valence-electron chi connectivity index (χ4n) is 5.80. The Morgan fingerprint density at radius 2 is 1.56 bits per heavy atom. The van der Waals surface area contributed by atoms with Gasteiger partial charge in [0.15, 0.2) is 9.84 Å². The van der Waals surface area contributed by atoms with E-state index in [1.54, 1.807) is 6.08 Å². The van der Waals surface area contributed by atoms with Crippen molar-refractivity contribution in [2.24, 2.45) is 10.9 Å². The van der Waals surface area contributed by atoms with Gasteiger partial charge in [0.25, 0.3) is 10.1 Å². The third-order valence-electron chi connectivity index (χ3n) is 6.97. The zero-order valence-electron chi connectivity index (χ0n) is 23.2.